The SMILES string of the molecule is CCC(C)N(CC)C1(CN)CCN(CC)CC1. The molecule has 0 bridgehead atoms. The van der Waals surface area contributed by atoms with E-state index in [-0.39, 0.29) is 5.54 Å². The van der Waals surface area contributed by atoms with Crippen LogP contribution in [0.1, 0.15) is 47.0 Å². The first-order valence-corrected chi connectivity index (χ1v) is 7.32. The van der Waals surface area contributed by atoms with Gasteiger partial charge in [-0.15, -0.1) is 0 Å². The summed E-state index contributed by atoms with van der Waals surface area (Å²) in [5.74, 6) is 0. The highest BCUT2D eigenvalue weighted by Gasteiger charge is 2.39. The lowest BCUT2D eigenvalue weighted by Gasteiger charge is -2.50. The van der Waals surface area contributed by atoms with Crippen molar-refractivity contribution in [3.05, 3.63) is 0 Å². The highest BCUT2D eigenvalue weighted by atomic mass is 15.3. The van der Waals surface area contributed by atoms with Crippen LogP contribution < -0.4 is 5.73 Å². The van der Waals surface area contributed by atoms with Crippen LogP contribution >= 0.6 is 0 Å². The number of hydrogen-bond acceptors (Lipinski definition) is 3. The Hall–Kier alpha value is -0.120. The third-order valence-corrected chi connectivity index (χ3v) is 4.69. The molecule has 0 amide bonds. The van der Waals surface area contributed by atoms with Gasteiger partial charge in [-0.2, -0.15) is 0 Å². The second kappa shape index (κ2) is 6.72. The standard InChI is InChI=1S/C14H31N3/c1-5-13(4)17(7-3)14(12-15)8-10-16(6-2)11-9-14/h13H,5-12,15H2,1-4H3. The van der Waals surface area contributed by atoms with E-state index in [0.717, 1.165) is 13.1 Å². The van der Waals surface area contributed by atoms with Crippen LogP contribution in [0.25, 0.3) is 0 Å². The molecule has 1 atom stereocenters. The van der Waals surface area contributed by atoms with Crippen molar-refractivity contribution in [3.8, 4) is 0 Å². The molecule has 3 nitrogen and oxygen atoms in total. The minimum absolute atomic E-state index is 0.260. The predicted octanol–water partition coefficient (Wildman–Crippen LogP) is 1.92. The molecule has 102 valence electrons. The molecule has 1 unspecified atom stereocenters. The molecule has 1 aliphatic heterocycles. The third-order valence-electron chi connectivity index (χ3n) is 4.69. The average molecular weight is 241 g/mol. The van der Waals surface area contributed by atoms with E-state index >= 15 is 0 Å². The van der Waals surface area contributed by atoms with E-state index in [4.69, 9.17) is 5.73 Å². The first-order chi connectivity index (χ1) is 8.13. The summed E-state index contributed by atoms with van der Waals surface area (Å²) in [7, 11) is 0. The van der Waals surface area contributed by atoms with Gasteiger partial charge in [-0.3, -0.25) is 4.90 Å². The molecule has 0 aromatic rings. The number of likely N-dealkylation sites (tertiary alicyclic amines) is 1. The Balaban J connectivity index is 2.74. The summed E-state index contributed by atoms with van der Waals surface area (Å²) in [5, 5.41) is 0. The maximum Gasteiger partial charge on any atom is 0.0358 e. The van der Waals surface area contributed by atoms with Gasteiger partial charge in [0.15, 0.2) is 0 Å². The number of hydrogen-bond donors (Lipinski definition) is 1. The van der Waals surface area contributed by atoms with Crippen LogP contribution in [0.5, 0.6) is 0 Å². The van der Waals surface area contributed by atoms with Gasteiger partial charge in [0.2, 0.25) is 0 Å². The minimum Gasteiger partial charge on any atom is -0.329 e. The van der Waals surface area contributed by atoms with Crippen molar-refractivity contribution in [1.82, 2.24) is 9.80 Å². The Morgan fingerprint density at radius 3 is 2.18 bits per heavy atom. The predicted molar refractivity (Wildman–Crippen MR) is 75.3 cm³/mol. The van der Waals surface area contributed by atoms with E-state index in [1.165, 1.54) is 38.9 Å². The molecule has 1 fully saturated rings. The van der Waals surface area contributed by atoms with Crippen molar-refractivity contribution in [3.63, 3.8) is 0 Å². The average Bonchev–Trinajstić information content (AvgIpc) is 2.39. The van der Waals surface area contributed by atoms with Gasteiger partial charge in [-0.1, -0.05) is 20.8 Å². The number of rotatable bonds is 6. The highest BCUT2D eigenvalue weighted by molar-refractivity contribution is 4.97. The van der Waals surface area contributed by atoms with Crippen LogP contribution in [0, 0.1) is 0 Å². The number of piperidine rings is 1. The van der Waals surface area contributed by atoms with Crippen molar-refractivity contribution in [1.29, 1.82) is 0 Å². The highest BCUT2D eigenvalue weighted by Crippen LogP contribution is 2.30. The van der Waals surface area contributed by atoms with Gasteiger partial charge in [-0.05, 0) is 52.4 Å². The van der Waals surface area contributed by atoms with E-state index in [1.807, 2.05) is 0 Å². The summed E-state index contributed by atoms with van der Waals surface area (Å²) in [6.07, 6.45) is 3.68. The normalized spacial score (nSPS) is 22.9. The summed E-state index contributed by atoms with van der Waals surface area (Å²) < 4.78 is 0. The molecule has 1 rings (SSSR count). The Kier molecular flexibility index (Phi) is 5.90. The van der Waals surface area contributed by atoms with E-state index < -0.39 is 0 Å². The van der Waals surface area contributed by atoms with Gasteiger partial charge in [0.25, 0.3) is 0 Å². The smallest absolute Gasteiger partial charge is 0.0358 e. The Morgan fingerprint density at radius 1 is 1.24 bits per heavy atom. The molecular weight excluding hydrogens is 210 g/mol. The molecule has 0 radical (unpaired) electrons. The zero-order valence-electron chi connectivity index (χ0n) is 12.2. The zero-order chi connectivity index (χ0) is 12.9. The molecule has 0 spiro atoms. The molecule has 1 saturated heterocycles. The van der Waals surface area contributed by atoms with Crippen LogP contribution in [0.3, 0.4) is 0 Å². The summed E-state index contributed by atoms with van der Waals surface area (Å²) in [4.78, 5) is 5.19. The lowest BCUT2D eigenvalue weighted by molar-refractivity contribution is 0.00496. The van der Waals surface area contributed by atoms with Crippen molar-refractivity contribution in [2.24, 2.45) is 5.73 Å². The monoisotopic (exact) mass is 241 g/mol. The fourth-order valence-corrected chi connectivity index (χ4v) is 3.23. The van der Waals surface area contributed by atoms with Crippen LogP contribution in [-0.4, -0.2) is 54.1 Å². The van der Waals surface area contributed by atoms with Gasteiger partial charge in [0.05, 0.1) is 0 Å². The molecule has 0 aliphatic carbocycles. The van der Waals surface area contributed by atoms with E-state index in [9.17, 15) is 0 Å². The second-order valence-electron chi connectivity index (χ2n) is 5.41. The van der Waals surface area contributed by atoms with Gasteiger partial charge < -0.3 is 10.6 Å². The van der Waals surface area contributed by atoms with Crippen molar-refractivity contribution >= 4 is 0 Å². The van der Waals surface area contributed by atoms with E-state index in [0.29, 0.717) is 6.04 Å². The molecule has 0 aromatic carbocycles. The van der Waals surface area contributed by atoms with Gasteiger partial charge in [0, 0.05) is 18.1 Å². The lowest BCUT2D eigenvalue weighted by Crippen LogP contribution is -2.61. The van der Waals surface area contributed by atoms with Crippen LogP contribution in [-0.2, 0) is 0 Å². The van der Waals surface area contributed by atoms with E-state index in [2.05, 4.69) is 37.5 Å². The molecule has 0 aromatic heterocycles. The van der Waals surface area contributed by atoms with Crippen molar-refractivity contribution < 1.29 is 0 Å². The zero-order valence-corrected chi connectivity index (χ0v) is 12.2. The number of likely N-dealkylation sites (N-methyl/N-ethyl adjacent to an activating group) is 1. The lowest BCUT2D eigenvalue weighted by atomic mass is 9.84. The Morgan fingerprint density at radius 2 is 1.82 bits per heavy atom. The summed E-state index contributed by atoms with van der Waals surface area (Å²) in [5.41, 5.74) is 6.39. The maximum absolute atomic E-state index is 6.13. The van der Waals surface area contributed by atoms with Crippen molar-refractivity contribution in [2.75, 3.05) is 32.7 Å². The largest absolute Gasteiger partial charge is 0.329 e. The number of nitrogens with zero attached hydrogens (tertiary/aromatic N) is 2. The maximum atomic E-state index is 6.13. The topological polar surface area (TPSA) is 32.5 Å². The van der Waals surface area contributed by atoms with Crippen LogP contribution in [0.2, 0.25) is 0 Å². The van der Waals surface area contributed by atoms with Crippen LogP contribution in [0.4, 0.5) is 0 Å². The summed E-state index contributed by atoms with van der Waals surface area (Å²) >= 11 is 0. The molecule has 1 heterocycles. The fourth-order valence-electron chi connectivity index (χ4n) is 3.23. The molecule has 1 aliphatic rings. The third kappa shape index (κ3) is 3.21. The molecular formula is C14H31N3. The number of nitrogens with two attached hydrogens (primary N) is 1. The summed E-state index contributed by atoms with van der Waals surface area (Å²) in [6, 6.07) is 0.650. The quantitative estimate of drug-likeness (QED) is 0.771. The fraction of sp³-hybridized carbons (Fsp3) is 1.00. The second-order valence-corrected chi connectivity index (χ2v) is 5.41. The van der Waals surface area contributed by atoms with Crippen LogP contribution in [0.15, 0.2) is 0 Å². The summed E-state index contributed by atoms with van der Waals surface area (Å²) in [6.45, 7) is 14.7. The Bertz CT molecular complexity index is 210. The van der Waals surface area contributed by atoms with Crippen molar-refractivity contribution in [2.45, 2.75) is 58.5 Å². The first kappa shape index (κ1) is 14.9. The first-order valence-electron chi connectivity index (χ1n) is 7.32. The van der Waals surface area contributed by atoms with Gasteiger partial charge in [0.1, 0.15) is 0 Å². The minimum atomic E-state index is 0.260. The van der Waals surface area contributed by atoms with Gasteiger partial charge >= 0.3 is 0 Å². The molecule has 2 N–H and O–H groups in total. The molecule has 17 heavy (non-hydrogen) atoms. The van der Waals surface area contributed by atoms with Gasteiger partial charge in [-0.25, -0.2) is 0 Å². The molecule has 3 heteroatoms. The molecule has 0 saturated carbocycles. The van der Waals surface area contributed by atoms with E-state index in [1.54, 1.807) is 0 Å². The Labute approximate surface area is 107 Å².